The van der Waals surface area contributed by atoms with E-state index >= 15 is 0 Å². The number of amides is 5. The van der Waals surface area contributed by atoms with Gasteiger partial charge < -0.3 is 29.9 Å². The van der Waals surface area contributed by atoms with E-state index < -0.39 is 62.6 Å². The molecule has 53 heavy (non-hydrogen) atoms. The van der Waals surface area contributed by atoms with Gasteiger partial charge in [-0.2, -0.15) is 4.98 Å². The highest BCUT2D eigenvalue weighted by molar-refractivity contribution is 7.91. The van der Waals surface area contributed by atoms with Crippen LogP contribution in [0.4, 0.5) is 4.79 Å². The molecular formula is C37H51N7O8S. The van der Waals surface area contributed by atoms with Crippen molar-refractivity contribution in [3.63, 3.8) is 0 Å². The molecule has 6 atom stereocenters. The van der Waals surface area contributed by atoms with Crippen molar-refractivity contribution in [2.75, 3.05) is 32.8 Å². The van der Waals surface area contributed by atoms with E-state index in [9.17, 15) is 27.6 Å². The molecule has 4 fully saturated rings. The summed E-state index contributed by atoms with van der Waals surface area (Å²) in [6.07, 6.45) is 8.74. The number of benzene rings is 1. The normalized spacial score (nSPS) is 29.5. The van der Waals surface area contributed by atoms with E-state index in [1.54, 1.807) is 4.90 Å². The van der Waals surface area contributed by atoms with E-state index in [2.05, 4.69) is 29.2 Å². The van der Waals surface area contributed by atoms with Crippen molar-refractivity contribution in [3.8, 4) is 6.01 Å². The van der Waals surface area contributed by atoms with Gasteiger partial charge in [-0.25, -0.2) is 13.2 Å². The smallest absolute Gasteiger partial charge is 0.318 e. The van der Waals surface area contributed by atoms with Gasteiger partial charge in [0.2, 0.25) is 21.8 Å². The lowest BCUT2D eigenvalue weighted by molar-refractivity contribution is -0.141. The van der Waals surface area contributed by atoms with Crippen LogP contribution in [0.1, 0.15) is 84.1 Å². The first-order valence-corrected chi connectivity index (χ1v) is 20.7. The zero-order chi connectivity index (χ0) is 37.3. The van der Waals surface area contributed by atoms with Gasteiger partial charge in [-0.15, -0.1) is 0 Å². The lowest BCUT2D eigenvalue weighted by Gasteiger charge is -2.32. The lowest BCUT2D eigenvalue weighted by Crippen LogP contribution is -2.59. The highest BCUT2D eigenvalue weighted by Crippen LogP contribution is 2.46. The Bertz CT molecular complexity index is 1860. The van der Waals surface area contributed by atoms with Gasteiger partial charge >= 0.3 is 6.03 Å². The predicted molar refractivity (Wildman–Crippen MR) is 195 cm³/mol. The number of nitrogens with zero attached hydrogens (tertiary/aromatic N) is 4. The maximum absolute atomic E-state index is 14.6. The third-order valence-corrected chi connectivity index (χ3v) is 13.1. The van der Waals surface area contributed by atoms with E-state index in [0.29, 0.717) is 58.0 Å². The summed E-state index contributed by atoms with van der Waals surface area (Å²) in [5.74, 6) is -2.16. The topological polar surface area (TPSA) is 181 Å². The molecule has 0 radical (unpaired) electrons. The minimum atomic E-state index is -3.87. The van der Waals surface area contributed by atoms with Crippen LogP contribution in [-0.2, 0) is 29.1 Å². The number of fused-ring (bicyclic) bond motifs is 3. The van der Waals surface area contributed by atoms with Crippen molar-refractivity contribution in [2.24, 2.45) is 5.92 Å². The first-order valence-electron chi connectivity index (χ1n) is 19.1. The molecule has 5 aliphatic rings. The van der Waals surface area contributed by atoms with Crippen molar-refractivity contribution < 1.29 is 37.1 Å². The lowest BCUT2D eigenvalue weighted by atomic mass is 10.0. The van der Waals surface area contributed by atoms with Crippen molar-refractivity contribution in [1.29, 1.82) is 0 Å². The molecule has 2 aliphatic carbocycles. The molecule has 5 amide bonds. The number of ether oxygens (including phenoxy) is 2. The molecule has 1 aromatic carbocycles. The highest BCUT2D eigenvalue weighted by Gasteiger charge is 2.62. The second-order valence-corrected chi connectivity index (χ2v) is 17.1. The van der Waals surface area contributed by atoms with Crippen LogP contribution in [0.15, 0.2) is 36.4 Å². The summed E-state index contributed by atoms with van der Waals surface area (Å²) in [7, 11) is -3.87. The average molecular weight is 754 g/mol. The van der Waals surface area contributed by atoms with Crippen molar-refractivity contribution in [2.45, 2.75) is 113 Å². The maximum Gasteiger partial charge on any atom is 0.318 e. The monoisotopic (exact) mass is 753 g/mol. The fraction of sp³-hybridized carbons (Fsp3) is 0.649. The number of sulfonamides is 1. The minimum Gasteiger partial charge on any atom is -0.459 e. The van der Waals surface area contributed by atoms with E-state index in [1.807, 2.05) is 41.0 Å². The number of imidazole rings is 1. The summed E-state index contributed by atoms with van der Waals surface area (Å²) in [5.41, 5.74) is 0.196. The largest absolute Gasteiger partial charge is 0.459 e. The number of para-hydroxylation sites is 2. The number of nitrogens with one attached hydrogen (secondary N) is 3. The molecule has 2 saturated heterocycles. The average Bonchev–Trinajstić information content (AvgIpc) is 4.05. The Kier molecular flexibility index (Phi) is 10.7. The van der Waals surface area contributed by atoms with E-state index in [1.165, 1.54) is 4.90 Å². The number of hydrogen-bond acceptors (Lipinski definition) is 9. The Hall–Kier alpha value is -4.18. The van der Waals surface area contributed by atoms with Crippen LogP contribution in [0.25, 0.3) is 11.0 Å². The SMILES string of the molecule is CCC(C)n1c(O[C@@H]2C[C@H]3C(=O)N[C@]4(C(=O)NS(=O)(=O)C5CC5)C[C@H]4/C=C\CCCCC[C@H](NC(=O)N4CCOCC4)C(=O)N3C2)nc2ccccc21. The number of allylic oxidation sites excluding steroid dienone is 1. The van der Waals surface area contributed by atoms with Gasteiger partial charge in [-0.05, 0) is 64.0 Å². The summed E-state index contributed by atoms with van der Waals surface area (Å²) in [6.45, 7) is 5.83. The predicted octanol–water partition coefficient (Wildman–Crippen LogP) is 2.77. The summed E-state index contributed by atoms with van der Waals surface area (Å²) < 4.78 is 41.9. The molecule has 7 rings (SSSR count). The maximum atomic E-state index is 14.6. The molecule has 1 aromatic heterocycles. The molecule has 0 spiro atoms. The molecule has 288 valence electrons. The fourth-order valence-electron chi connectivity index (χ4n) is 7.72. The molecule has 3 aliphatic heterocycles. The highest BCUT2D eigenvalue weighted by atomic mass is 32.2. The van der Waals surface area contributed by atoms with E-state index in [-0.39, 0.29) is 31.5 Å². The number of carbonyl (C=O) groups excluding carboxylic acids is 4. The van der Waals surface area contributed by atoms with Crippen LogP contribution in [-0.4, -0.2) is 113 Å². The molecule has 4 heterocycles. The number of hydrogen-bond donors (Lipinski definition) is 3. The van der Waals surface area contributed by atoms with Crippen molar-refractivity contribution in [1.82, 2.24) is 34.7 Å². The number of carbonyl (C=O) groups is 4. The van der Waals surface area contributed by atoms with Crippen LogP contribution in [0, 0.1) is 5.92 Å². The molecule has 16 heteroatoms. The molecular weight excluding hydrogens is 703 g/mol. The molecule has 3 N–H and O–H groups in total. The third-order valence-electron chi connectivity index (χ3n) is 11.3. The fourth-order valence-corrected chi connectivity index (χ4v) is 9.08. The Morgan fingerprint density at radius 1 is 1.11 bits per heavy atom. The van der Waals surface area contributed by atoms with Gasteiger partial charge in [0, 0.05) is 31.5 Å². The van der Waals surface area contributed by atoms with Crippen LogP contribution in [0.2, 0.25) is 0 Å². The second kappa shape index (κ2) is 15.3. The van der Waals surface area contributed by atoms with Gasteiger partial charge in [0.05, 0.1) is 36.0 Å². The van der Waals surface area contributed by atoms with Crippen LogP contribution < -0.4 is 20.1 Å². The summed E-state index contributed by atoms with van der Waals surface area (Å²) in [4.78, 5) is 64.0. The quantitative estimate of drug-likeness (QED) is 0.342. The van der Waals surface area contributed by atoms with E-state index in [4.69, 9.17) is 14.5 Å². The summed E-state index contributed by atoms with van der Waals surface area (Å²) >= 11 is 0. The summed E-state index contributed by atoms with van der Waals surface area (Å²) in [5, 5.41) is 5.27. The first kappa shape index (κ1) is 37.1. The number of morpholine rings is 1. The Morgan fingerprint density at radius 2 is 1.89 bits per heavy atom. The second-order valence-electron chi connectivity index (χ2n) is 15.1. The minimum absolute atomic E-state index is 0.0448. The number of urea groups is 1. The molecule has 0 bridgehead atoms. The third kappa shape index (κ3) is 7.89. The standard InChI is InChI=1S/C37H51N7O8S/c1-3-24(2)44-30-14-10-9-12-28(30)39-36(44)52-26-21-31-32(45)40-37(34(47)41-53(49,50)27-15-16-27)22-25(37)11-7-5-4-6-8-13-29(33(46)43(31)23-26)38-35(48)42-17-19-51-20-18-42/h7,9-12,14,24-27,29,31H,3-6,8,13,15-23H2,1-2H3,(H,38,48)(H,40,45)(H,41,47)/b11-7-/t24?,25-,26-,29+,31+,37-/m1/s1. The molecule has 15 nitrogen and oxygen atoms in total. The molecule has 2 saturated carbocycles. The Labute approximate surface area is 310 Å². The Balaban J connectivity index is 1.19. The molecule has 2 aromatic rings. The zero-order valence-electron chi connectivity index (χ0n) is 30.5. The Morgan fingerprint density at radius 3 is 2.64 bits per heavy atom. The molecule has 1 unspecified atom stereocenters. The van der Waals surface area contributed by atoms with Crippen LogP contribution in [0.5, 0.6) is 6.01 Å². The van der Waals surface area contributed by atoms with Crippen LogP contribution >= 0.6 is 0 Å². The van der Waals surface area contributed by atoms with Crippen LogP contribution in [0.3, 0.4) is 0 Å². The first-order chi connectivity index (χ1) is 25.5. The van der Waals surface area contributed by atoms with Gasteiger partial charge in [0.15, 0.2) is 0 Å². The number of rotatable bonds is 8. The van der Waals surface area contributed by atoms with Gasteiger partial charge in [0.1, 0.15) is 23.7 Å². The van der Waals surface area contributed by atoms with Gasteiger partial charge in [0.25, 0.3) is 11.9 Å². The van der Waals surface area contributed by atoms with Crippen molar-refractivity contribution in [3.05, 3.63) is 36.4 Å². The van der Waals surface area contributed by atoms with Gasteiger partial charge in [-0.1, -0.05) is 44.1 Å². The summed E-state index contributed by atoms with van der Waals surface area (Å²) in [6, 6.07) is 5.84. The van der Waals surface area contributed by atoms with Crippen molar-refractivity contribution >= 4 is 44.8 Å². The zero-order valence-corrected chi connectivity index (χ0v) is 31.3. The van der Waals surface area contributed by atoms with Gasteiger partial charge in [-0.3, -0.25) is 23.7 Å². The number of aromatic nitrogens is 2. The van der Waals surface area contributed by atoms with E-state index in [0.717, 1.165) is 36.7 Å².